The van der Waals surface area contributed by atoms with Gasteiger partial charge in [0.1, 0.15) is 11.6 Å². The van der Waals surface area contributed by atoms with Crippen LogP contribution < -0.4 is 4.90 Å². The predicted molar refractivity (Wildman–Crippen MR) is 130 cm³/mol. The molecular weight excluding hydrogens is 396 g/mol. The summed E-state index contributed by atoms with van der Waals surface area (Å²) in [7, 11) is 0. The van der Waals surface area contributed by atoms with Crippen LogP contribution in [0.1, 0.15) is 22.5 Å². The van der Waals surface area contributed by atoms with Gasteiger partial charge in [-0.2, -0.15) is 0 Å². The summed E-state index contributed by atoms with van der Waals surface area (Å²) in [4.78, 5) is 9.85. The van der Waals surface area contributed by atoms with Crippen LogP contribution in [0, 0.1) is 13.8 Å². The minimum Gasteiger partial charge on any atom is -0.508 e. The van der Waals surface area contributed by atoms with E-state index >= 15 is 0 Å². The molecule has 1 N–H and O–H groups in total. The number of piperazine rings is 1. The molecule has 3 aromatic carbocycles. The van der Waals surface area contributed by atoms with Crippen LogP contribution in [-0.4, -0.2) is 45.7 Å². The third kappa shape index (κ3) is 4.21. The van der Waals surface area contributed by atoms with Crippen LogP contribution in [0.15, 0.2) is 66.7 Å². The number of nitrogens with zero attached hydrogens (tertiary/aromatic N) is 4. The molecular formula is C27H30N4O. The van der Waals surface area contributed by atoms with Crippen molar-refractivity contribution in [3.8, 4) is 5.75 Å². The molecule has 0 radical (unpaired) electrons. The number of hydrogen-bond acceptors (Lipinski definition) is 4. The van der Waals surface area contributed by atoms with E-state index in [1.165, 1.54) is 22.2 Å². The van der Waals surface area contributed by atoms with Gasteiger partial charge in [-0.05, 0) is 49.2 Å². The molecule has 5 rings (SSSR count). The van der Waals surface area contributed by atoms with E-state index in [0.29, 0.717) is 5.75 Å². The van der Waals surface area contributed by atoms with Crippen LogP contribution in [0.2, 0.25) is 0 Å². The zero-order valence-electron chi connectivity index (χ0n) is 18.8. The molecule has 0 saturated carbocycles. The first kappa shape index (κ1) is 20.6. The van der Waals surface area contributed by atoms with Crippen molar-refractivity contribution in [2.75, 3.05) is 31.1 Å². The number of aryl methyl sites for hydroxylation is 2. The molecule has 2 heterocycles. The fourth-order valence-corrected chi connectivity index (χ4v) is 4.62. The number of anilines is 1. The third-order valence-electron chi connectivity index (χ3n) is 6.50. The second kappa shape index (κ2) is 8.67. The molecule has 0 atom stereocenters. The van der Waals surface area contributed by atoms with E-state index in [1.807, 2.05) is 12.1 Å². The maximum Gasteiger partial charge on any atom is 0.124 e. The van der Waals surface area contributed by atoms with Crippen molar-refractivity contribution in [1.29, 1.82) is 0 Å². The van der Waals surface area contributed by atoms with Crippen LogP contribution in [0.5, 0.6) is 5.75 Å². The molecule has 0 aliphatic carbocycles. The van der Waals surface area contributed by atoms with Gasteiger partial charge < -0.3 is 14.6 Å². The van der Waals surface area contributed by atoms with E-state index < -0.39 is 0 Å². The summed E-state index contributed by atoms with van der Waals surface area (Å²) in [5, 5.41) is 9.80. The molecule has 32 heavy (non-hydrogen) atoms. The minimum absolute atomic E-state index is 0.324. The van der Waals surface area contributed by atoms with Gasteiger partial charge >= 0.3 is 0 Å². The van der Waals surface area contributed by atoms with Crippen LogP contribution in [0.3, 0.4) is 0 Å². The lowest BCUT2D eigenvalue weighted by atomic mass is 10.1. The Morgan fingerprint density at radius 3 is 2.47 bits per heavy atom. The standard InChI is InChI=1S/C27H30N4O/c1-20-10-11-21(2)22(16-20)18-31-26-9-4-3-8-25(26)28-27(31)19-29-12-14-30(15-13-29)23-6-5-7-24(32)17-23/h3-11,16-17,32H,12-15,18-19H2,1-2H3. The number of benzene rings is 3. The summed E-state index contributed by atoms with van der Waals surface area (Å²) in [5.74, 6) is 1.45. The zero-order valence-corrected chi connectivity index (χ0v) is 18.8. The highest BCUT2D eigenvalue weighted by molar-refractivity contribution is 5.76. The van der Waals surface area contributed by atoms with E-state index in [4.69, 9.17) is 4.98 Å². The Labute approximate surface area is 189 Å². The average molecular weight is 427 g/mol. The summed E-state index contributed by atoms with van der Waals surface area (Å²) in [6, 6.07) is 22.7. The van der Waals surface area contributed by atoms with Crippen molar-refractivity contribution < 1.29 is 5.11 Å². The van der Waals surface area contributed by atoms with Crippen molar-refractivity contribution in [1.82, 2.24) is 14.5 Å². The lowest BCUT2D eigenvalue weighted by Gasteiger charge is -2.36. The van der Waals surface area contributed by atoms with Crippen molar-refractivity contribution in [2.24, 2.45) is 0 Å². The highest BCUT2D eigenvalue weighted by Crippen LogP contribution is 2.24. The quantitative estimate of drug-likeness (QED) is 0.501. The number of phenols is 1. The molecule has 0 bridgehead atoms. The first-order valence-electron chi connectivity index (χ1n) is 11.3. The Balaban J connectivity index is 1.37. The van der Waals surface area contributed by atoms with Gasteiger partial charge in [0.05, 0.1) is 17.6 Å². The topological polar surface area (TPSA) is 44.5 Å². The van der Waals surface area contributed by atoms with Crippen LogP contribution in [0.4, 0.5) is 5.69 Å². The summed E-state index contributed by atoms with van der Waals surface area (Å²) < 4.78 is 2.39. The molecule has 1 aliphatic rings. The molecule has 0 unspecified atom stereocenters. The molecule has 5 nitrogen and oxygen atoms in total. The van der Waals surface area contributed by atoms with Gasteiger partial charge in [-0.3, -0.25) is 4.90 Å². The molecule has 1 saturated heterocycles. The molecule has 0 amide bonds. The minimum atomic E-state index is 0.324. The van der Waals surface area contributed by atoms with Gasteiger partial charge in [-0.1, -0.05) is 42.0 Å². The molecule has 0 spiro atoms. The van der Waals surface area contributed by atoms with Crippen molar-refractivity contribution in [3.05, 3.63) is 89.2 Å². The monoisotopic (exact) mass is 426 g/mol. The van der Waals surface area contributed by atoms with E-state index in [1.54, 1.807) is 6.07 Å². The van der Waals surface area contributed by atoms with Gasteiger partial charge in [-0.15, -0.1) is 0 Å². The van der Waals surface area contributed by atoms with Crippen LogP contribution >= 0.6 is 0 Å². The fraction of sp³-hybridized carbons (Fsp3) is 0.296. The summed E-state index contributed by atoms with van der Waals surface area (Å²) in [6.45, 7) is 9.86. The number of rotatable bonds is 5. The lowest BCUT2D eigenvalue weighted by molar-refractivity contribution is 0.241. The maximum absolute atomic E-state index is 9.80. The van der Waals surface area contributed by atoms with Crippen LogP contribution in [-0.2, 0) is 13.1 Å². The zero-order chi connectivity index (χ0) is 22.1. The number of fused-ring (bicyclic) bond motifs is 1. The average Bonchev–Trinajstić information content (AvgIpc) is 3.14. The highest BCUT2D eigenvalue weighted by Gasteiger charge is 2.20. The number of hydrogen-bond donors (Lipinski definition) is 1. The molecule has 1 aliphatic heterocycles. The summed E-state index contributed by atoms with van der Waals surface area (Å²) >= 11 is 0. The normalized spacial score (nSPS) is 14.9. The van der Waals surface area contributed by atoms with Gasteiger partial charge in [-0.25, -0.2) is 4.98 Å². The molecule has 4 aromatic rings. The number of imidazole rings is 1. The fourth-order valence-electron chi connectivity index (χ4n) is 4.62. The lowest BCUT2D eigenvalue weighted by Crippen LogP contribution is -2.46. The first-order chi connectivity index (χ1) is 15.6. The van der Waals surface area contributed by atoms with Crippen molar-refractivity contribution >= 4 is 16.7 Å². The molecule has 1 aromatic heterocycles. The van der Waals surface area contributed by atoms with Gasteiger partial charge in [0.25, 0.3) is 0 Å². The molecule has 164 valence electrons. The van der Waals surface area contributed by atoms with E-state index in [9.17, 15) is 5.11 Å². The number of aromatic nitrogens is 2. The van der Waals surface area contributed by atoms with E-state index in [2.05, 4.69) is 76.7 Å². The Morgan fingerprint density at radius 1 is 0.844 bits per heavy atom. The smallest absolute Gasteiger partial charge is 0.124 e. The van der Waals surface area contributed by atoms with Gasteiger partial charge in [0, 0.05) is 44.5 Å². The Hall–Kier alpha value is -3.31. The van der Waals surface area contributed by atoms with Gasteiger partial charge in [0.2, 0.25) is 0 Å². The SMILES string of the molecule is Cc1ccc(C)c(Cn2c(CN3CCN(c4cccc(O)c4)CC3)nc3ccccc32)c1. The second-order valence-electron chi connectivity index (χ2n) is 8.82. The Morgan fingerprint density at radius 2 is 1.66 bits per heavy atom. The Bertz CT molecular complexity index is 1240. The highest BCUT2D eigenvalue weighted by atomic mass is 16.3. The number of aromatic hydroxyl groups is 1. The second-order valence-corrected chi connectivity index (χ2v) is 8.82. The summed E-state index contributed by atoms with van der Waals surface area (Å²) in [5.41, 5.74) is 7.31. The molecule has 5 heteroatoms. The van der Waals surface area contributed by atoms with E-state index in [0.717, 1.165) is 56.3 Å². The first-order valence-corrected chi connectivity index (χ1v) is 11.3. The van der Waals surface area contributed by atoms with Gasteiger partial charge in [0.15, 0.2) is 0 Å². The Kier molecular flexibility index (Phi) is 5.58. The van der Waals surface area contributed by atoms with E-state index in [-0.39, 0.29) is 0 Å². The third-order valence-corrected chi connectivity index (χ3v) is 6.50. The van der Waals surface area contributed by atoms with Crippen molar-refractivity contribution in [3.63, 3.8) is 0 Å². The summed E-state index contributed by atoms with van der Waals surface area (Å²) in [6.07, 6.45) is 0. The van der Waals surface area contributed by atoms with Crippen LogP contribution in [0.25, 0.3) is 11.0 Å². The maximum atomic E-state index is 9.80. The molecule has 1 fully saturated rings. The number of para-hydroxylation sites is 2. The number of phenolic OH excluding ortho intramolecular Hbond substituents is 1. The largest absolute Gasteiger partial charge is 0.508 e. The van der Waals surface area contributed by atoms with Crippen molar-refractivity contribution in [2.45, 2.75) is 26.9 Å². The predicted octanol–water partition coefficient (Wildman–Crippen LogP) is 4.73.